The first-order valence-corrected chi connectivity index (χ1v) is 14.3. The van der Waals surface area contributed by atoms with Crippen molar-refractivity contribution in [1.29, 1.82) is 0 Å². The van der Waals surface area contributed by atoms with Crippen LogP contribution in [-0.4, -0.2) is 71.9 Å². The number of nitrogens with zero attached hydrogens (tertiary/aromatic N) is 1. The van der Waals surface area contributed by atoms with E-state index in [-0.39, 0.29) is 31.0 Å². The van der Waals surface area contributed by atoms with Gasteiger partial charge in [0, 0.05) is 43.4 Å². The number of halogens is 2. The van der Waals surface area contributed by atoms with Crippen LogP contribution in [0.4, 0.5) is 8.78 Å². The number of nitrogens with one attached hydrogen (secondary N) is 2. The number of hydrogen-bond donors (Lipinski definition) is 4. The van der Waals surface area contributed by atoms with Crippen molar-refractivity contribution in [2.45, 2.75) is 77.9 Å². The molecule has 2 aromatic carbocycles. The fraction of sp³-hybridized carbons (Fsp3) is 0.548. The third-order valence-electron chi connectivity index (χ3n) is 6.63. The molecule has 0 aliphatic carbocycles. The topological polar surface area (TPSA) is 102 Å². The SMILES string of the molecule is CCCN(CCC)C(=O)c1cc(C)cc(C(=O)N[C@@H](Cc2cc(F)cc(F)c2)[C@H](O)CNCCCCCCO)c1. The van der Waals surface area contributed by atoms with Crippen molar-refractivity contribution >= 4 is 11.8 Å². The highest BCUT2D eigenvalue weighted by Crippen LogP contribution is 2.16. The first-order chi connectivity index (χ1) is 19.2. The highest BCUT2D eigenvalue weighted by molar-refractivity contribution is 6.00. The molecule has 0 unspecified atom stereocenters. The van der Waals surface area contributed by atoms with Crippen LogP contribution in [0.3, 0.4) is 0 Å². The van der Waals surface area contributed by atoms with Gasteiger partial charge in [-0.1, -0.05) is 26.7 Å². The average Bonchev–Trinajstić information content (AvgIpc) is 2.90. The minimum absolute atomic E-state index is 0.0121. The number of aliphatic hydroxyl groups is 2. The predicted molar refractivity (Wildman–Crippen MR) is 153 cm³/mol. The van der Waals surface area contributed by atoms with Crippen LogP contribution in [-0.2, 0) is 6.42 Å². The summed E-state index contributed by atoms with van der Waals surface area (Å²) < 4.78 is 27.7. The Kier molecular flexibility index (Phi) is 14.8. The summed E-state index contributed by atoms with van der Waals surface area (Å²) in [5, 5.41) is 25.9. The minimum atomic E-state index is -1.04. The molecule has 0 heterocycles. The maximum Gasteiger partial charge on any atom is 0.253 e. The van der Waals surface area contributed by atoms with Crippen molar-refractivity contribution in [2.24, 2.45) is 0 Å². The van der Waals surface area contributed by atoms with Crippen molar-refractivity contribution < 1.29 is 28.6 Å². The van der Waals surface area contributed by atoms with Crippen LogP contribution in [0, 0.1) is 18.6 Å². The molecule has 0 saturated carbocycles. The first-order valence-electron chi connectivity index (χ1n) is 14.3. The normalized spacial score (nSPS) is 12.7. The third-order valence-corrected chi connectivity index (χ3v) is 6.63. The highest BCUT2D eigenvalue weighted by atomic mass is 19.1. The summed E-state index contributed by atoms with van der Waals surface area (Å²) in [4.78, 5) is 28.3. The van der Waals surface area contributed by atoms with Crippen LogP contribution >= 0.6 is 0 Å². The van der Waals surface area contributed by atoms with Gasteiger partial charge in [0.2, 0.25) is 0 Å². The molecule has 0 bridgehead atoms. The Morgan fingerprint density at radius 2 is 1.52 bits per heavy atom. The van der Waals surface area contributed by atoms with Gasteiger partial charge in [-0.3, -0.25) is 9.59 Å². The predicted octanol–water partition coefficient (Wildman–Crippen LogP) is 4.38. The van der Waals surface area contributed by atoms with Crippen LogP contribution < -0.4 is 10.6 Å². The Hall–Kier alpha value is -2.88. The summed E-state index contributed by atoms with van der Waals surface area (Å²) in [6.45, 7) is 8.05. The van der Waals surface area contributed by atoms with Gasteiger partial charge in [-0.05, 0) is 87.0 Å². The molecule has 0 aliphatic heterocycles. The second-order valence-electron chi connectivity index (χ2n) is 10.4. The van der Waals surface area contributed by atoms with Crippen molar-refractivity contribution in [3.05, 3.63) is 70.3 Å². The molecular formula is C31H45F2N3O4. The molecule has 2 amide bonds. The van der Waals surface area contributed by atoms with Crippen LogP contribution in [0.15, 0.2) is 36.4 Å². The van der Waals surface area contributed by atoms with Gasteiger partial charge in [0.05, 0.1) is 12.1 Å². The molecule has 7 nitrogen and oxygen atoms in total. The van der Waals surface area contributed by atoms with Gasteiger partial charge in [-0.25, -0.2) is 8.78 Å². The van der Waals surface area contributed by atoms with Gasteiger partial charge in [0.1, 0.15) is 11.6 Å². The van der Waals surface area contributed by atoms with Crippen molar-refractivity contribution in [3.63, 3.8) is 0 Å². The lowest BCUT2D eigenvalue weighted by Gasteiger charge is -2.25. The number of aliphatic hydroxyl groups excluding tert-OH is 2. The molecule has 222 valence electrons. The van der Waals surface area contributed by atoms with Gasteiger partial charge in [0.15, 0.2) is 0 Å². The molecule has 9 heteroatoms. The third kappa shape index (κ3) is 11.3. The van der Waals surface area contributed by atoms with Crippen molar-refractivity contribution in [1.82, 2.24) is 15.5 Å². The van der Waals surface area contributed by atoms with Gasteiger partial charge in [-0.15, -0.1) is 0 Å². The van der Waals surface area contributed by atoms with Gasteiger partial charge in [-0.2, -0.15) is 0 Å². The van der Waals surface area contributed by atoms with E-state index in [0.717, 1.165) is 50.2 Å². The lowest BCUT2D eigenvalue weighted by Crippen LogP contribution is -2.49. The van der Waals surface area contributed by atoms with Crippen LogP contribution in [0.2, 0.25) is 0 Å². The second kappa shape index (κ2) is 17.7. The number of carbonyl (C=O) groups excluding carboxylic acids is 2. The average molecular weight is 562 g/mol. The molecule has 0 spiro atoms. The summed E-state index contributed by atoms with van der Waals surface area (Å²) in [5.41, 5.74) is 1.74. The molecule has 2 aromatic rings. The van der Waals surface area contributed by atoms with Crippen molar-refractivity contribution in [3.8, 4) is 0 Å². The molecule has 4 N–H and O–H groups in total. The zero-order valence-corrected chi connectivity index (χ0v) is 24.0. The summed E-state index contributed by atoms with van der Waals surface area (Å²) in [6, 6.07) is 7.28. The van der Waals surface area contributed by atoms with E-state index in [1.807, 2.05) is 20.8 Å². The van der Waals surface area contributed by atoms with Gasteiger partial charge in [0.25, 0.3) is 11.8 Å². The molecule has 0 fully saturated rings. The fourth-order valence-electron chi connectivity index (χ4n) is 4.70. The maximum atomic E-state index is 13.9. The zero-order valence-electron chi connectivity index (χ0n) is 24.0. The summed E-state index contributed by atoms with van der Waals surface area (Å²) in [6.07, 6.45) is 4.09. The Balaban J connectivity index is 2.20. The lowest BCUT2D eigenvalue weighted by molar-refractivity contribution is 0.0755. The smallest absolute Gasteiger partial charge is 0.253 e. The quantitative estimate of drug-likeness (QED) is 0.202. The molecule has 0 aliphatic rings. The monoisotopic (exact) mass is 561 g/mol. The largest absolute Gasteiger partial charge is 0.396 e. The van der Waals surface area contributed by atoms with Crippen LogP contribution in [0.1, 0.15) is 84.2 Å². The fourth-order valence-corrected chi connectivity index (χ4v) is 4.70. The summed E-state index contributed by atoms with van der Waals surface area (Å²) in [7, 11) is 0. The van der Waals surface area contributed by atoms with Crippen LogP contribution in [0.25, 0.3) is 0 Å². The number of benzene rings is 2. The first kappa shape index (κ1) is 33.3. The van der Waals surface area contributed by atoms with E-state index >= 15 is 0 Å². The number of hydrogen-bond acceptors (Lipinski definition) is 5. The van der Waals surface area contributed by atoms with E-state index in [0.29, 0.717) is 30.8 Å². The zero-order chi connectivity index (χ0) is 29.5. The van der Waals surface area contributed by atoms with Gasteiger partial charge >= 0.3 is 0 Å². The van der Waals surface area contributed by atoms with E-state index in [9.17, 15) is 23.5 Å². The Morgan fingerprint density at radius 3 is 2.15 bits per heavy atom. The van der Waals surface area contributed by atoms with Crippen molar-refractivity contribution in [2.75, 3.05) is 32.8 Å². The highest BCUT2D eigenvalue weighted by Gasteiger charge is 2.24. The minimum Gasteiger partial charge on any atom is -0.396 e. The maximum absolute atomic E-state index is 13.9. The lowest BCUT2D eigenvalue weighted by atomic mass is 9.99. The number of carbonyl (C=O) groups is 2. The summed E-state index contributed by atoms with van der Waals surface area (Å²) >= 11 is 0. The Bertz CT molecular complexity index is 1060. The van der Waals surface area contributed by atoms with Gasteiger partial charge < -0.3 is 25.7 Å². The Labute approximate surface area is 237 Å². The molecule has 2 atom stereocenters. The molecule has 0 saturated heterocycles. The molecular weight excluding hydrogens is 516 g/mol. The Morgan fingerprint density at radius 1 is 0.900 bits per heavy atom. The second-order valence-corrected chi connectivity index (χ2v) is 10.4. The number of rotatable bonds is 18. The molecule has 0 radical (unpaired) electrons. The number of amides is 2. The summed E-state index contributed by atoms with van der Waals surface area (Å²) in [5.74, 6) is -2.10. The van der Waals surface area contributed by atoms with E-state index in [1.54, 1.807) is 23.1 Å². The van der Waals surface area contributed by atoms with Crippen LogP contribution in [0.5, 0.6) is 0 Å². The number of unbranched alkanes of at least 4 members (excludes halogenated alkanes) is 3. The molecule has 0 aromatic heterocycles. The van der Waals surface area contributed by atoms with E-state index in [4.69, 9.17) is 5.11 Å². The van der Waals surface area contributed by atoms with E-state index < -0.39 is 29.7 Å². The standard InChI is InChI=1S/C31H45F2N3O4/c1-4-11-36(12-5-2)31(40)25-15-22(3)14-24(19-25)30(39)35-28(18-23-16-26(32)20-27(33)17-23)29(38)21-34-10-8-6-7-9-13-37/h14-17,19-20,28-29,34,37-38H,4-13,18,21H2,1-3H3,(H,35,39)/t28-,29+/m0/s1. The van der Waals surface area contributed by atoms with E-state index in [1.165, 1.54) is 12.1 Å². The molecule has 40 heavy (non-hydrogen) atoms. The van der Waals surface area contributed by atoms with E-state index in [2.05, 4.69) is 10.6 Å². The number of aryl methyl sites for hydroxylation is 1. The molecule has 2 rings (SSSR count).